The zero-order chi connectivity index (χ0) is 44.3. The normalized spacial score (nSPS) is 22.5. The topological polar surface area (TPSA) is 171 Å². The van der Waals surface area contributed by atoms with Crippen molar-refractivity contribution in [1.29, 1.82) is 0 Å². The zero-order valence-electron chi connectivity index (χ0n) is 36.7. The third-order valence-corrected chi connectivity index (χ3v) is 12.5. The molecule has 6 aliphatic rings. The summed E-state index contributed by atoms with van der Waals surface area (Å²) >= 11 is 3.37. The van der Waals surface area contributed by atoms with Gasteiger partial charge in [-0.1, -0.05) is 35.3 Å². The molecule has 0 bridgehead atoms. The van der Waals surface area contributed by atoms with Gasteiger partial charge in [0.1, 0.15) is 31.0 Å². The summed E-state index contributed by atoms with van der Waals surface area (Å²) in [4.78, 5) is 1.38. The van der Waals surface area contributed by atoms with E-state index in [4.69, 9.17) is 56.8 Å². The number of aliphatic hydroxyl groups is 3. The zero-order valence-corrected chi connectivity index (χ0v) is 39.1. The van der Waals surface area contributed by atoms with Crippen LogP contribution in [0.5, 0.6) is 69.0 Å². The van der Waals surface area contributed by atoms with Crippen molar-refractivity contribution in [2.24, 2.45) is 0 Å². The van der Waals surface area contributed by atoms with Crippen molar-refractivity contribution in [3.8, 4) is 69.0 Å². The third kappa shape index (κ3) is 7.12. The second-order valence-corrected chi connectivity index (χ2v) is 22.2. The summed E-state index contributed by atoms with van der Waals surface area (Å²) in [6.45, 7) is 26.2. The minimum absolute atomic E-state index is 0.241. The van der Waals surface area contributed by atoms with E-state index in [1.165, 1.54) is 0 Å². The Morgan fingerprint density at radius 1 is 0.311 bits per heavy atom. The highest BCUT2D eigenvalue weighted by molar-refractivity contribution is 8.00. The average Bonchev–Trinajstić information content (AvgIpc) is 3.90. The minimum Gasteiger partial charge on any atom is -0.449 e. The maximum Gasteiger partial charge on any atom is 0.246 e. The molecule has 0 amide bonds. The standard InChI is InChI=1S/C43H51O15S3/c1-16(44)59-35-29-23(47-38(4,5)53-29)20(24-30(35)54-39(6,7)48-24)19(21-25-31(55-40(8,9)49-25)36(60-17(2)45)32-26(21)50-41(10,11)56-32)22-27-33(57-42(12,13)51-27)37(61-18(3)46)34-28(22)52-43(14,15)58-34/h16-18,44-46H,1-15H3. The summed E-state index contributed by atoms with van der Waals surface area (Å²) in [6.07, 6.45) is 0. The number of rotatable bonds is 9. The van der Waals surface area contributed by atoms with Crippen LogP contribution < -0.4 is 56.8 Å². The van der Waals surface area contributed by atoms with Crippen molar-refractivity contribution in [2.45, 2.75) is 170 Å². The van der Waals surface area contributed by atoms with Crippen molar-refractivity contribution >= 4 is 35.3 Å². The summed E-state index contributed by atoms with van der Waals surface area (Å²) in [5.41, 5.74) is -1.71. The molecule has 6 aliphatic heterocycles. The fourth-order valence-electron chi connectivity index (χ4n) is 8.02. The Labute approximate surface area is 367 Å². The van der Waals surface area contributed by atoms with Crippen LogP contribution in [0.15, 0.2) is 14.7 Å². The predicted octanol–water partition coefficient (Wildman–Crippen LogP) is 9.04. The van der Waals surface area contributed by atoms with Gasteiger partial charge >= 0.3 is 0 Å². The number of benzene rings is 3. The quantitative estimate of drug-likeness (QED) is 0.105. The lowest BCUT2D eigenvalue weighted by Crippen LogP contribution is -2.32. The first kappa shape index (κ1) is 42.5. The van der Waals surface area contributed by atoms with Crippen LogP contribution in [0.2, 0.25) is 0 Å². The molecular formula is C43H51O15S3. The van der Waals surface area contributed by atoms with Gasteiger partial charge in [-0.3, -0.25) is 0 Å². The van der Waals surface area contributed by atoms with Gasteiger partial charge in [0.05, 0.1) is 22.6 Å². The number of fused-ring (bicyclic) bond motifs is 6. The lowest BCUT2D eigenvalue weighted by Gasteiger charge is -2.28. The maximum absolute atomic E-state index is 10.9. The van der Waals surface area contributed by atoms with E-state index in [-0.39, 0.29) is 69.0 Å². The number of thioether (sulfide) groups is 3. The van der Waals surface area contributed by atoms with Crippen molar-refractivity contribution in [2.75, 3.05) is 0 Å². The molecule has 331 valence electrons. The second kappa shape index (κ2) is 13.4. The van der Waals surface area contributed by atoms with Crippen molar-refractivity contribution < 1.29 is 72.2 Å². The third-order valence-electron chi connectivity index (χ3n) is 9.63. The molecule has 3 aromatic carbocycles. The first-order chi connectivity index (χ1) is 28.1. The SMILES string of the molecule is CC(O)Sc1c2c(c([C](c3c4c(c(SC(C)O)c5c3OC(C)(C)O5)OC(C)(C)O4)c3c4c(c(SC(C)O)c5c3OC(C)(C)O5)OC(C)(C)O4)c3c1OC(C)(C)O3)OC(C)(C)O2. The van der Waals surface area contributed by atoms with E-state index < -0.39 is 51.0 Å². The monoisotopic (exact) mass is 903 g/mol. The fraction of sp³-hybridized carbons (Fsp3) is 0.558. The second-order valence-electron chi connectivity index (χ2n) is 18.2. The number of hydrogen-bond acceptors (Lipinski definition) is 18. The van der Waals surface area contributed by atoms with Gasteiger partial charge in [0.15, 0.2) is 69.0 Å². The largest absolute Gasteiger partial charge is 0.449 e. The van der Waals surface area contributed by atoms with Crippen LogP contribution in [-0.4, -0.2) is 66.4 Å². The Hall–Kier alpha value is -3.81. The van der Waals surface area contributed by atoms with E-state index in [1.807, 2.05) is 0 Å². The molecular weight excluding hydrogens is 853 g/mol. The van der Waals surface area contributed by atoms with E-state index in [1.54, 1.807) is 104 Å². The highest BCUT2D eigenvalue weighted by atomic mass is 32.2. The summed E-state index contributed by atoms with van der Waals surface area (Å²) in [7, 11) is 0. The van der Waals surface area contributed by atoms with Crippen LogP contribution in [-0.2, 0) is 0 Å². The lowest BCUT2D eigenvalue weighted by molar-refractivity contribution is -0.0511. The molecule has 0 saturated carbocycles. The van der Waals surface area contributed by atoms with E-state index in [9.17, 15) is 15.3 Å². The molecule has 0 aliphatic carbocycles. The molecule has 0 aromatic heterocycles. The van der Waals surface area contributed by atoms with Crippen LogP contribution >= 0.6 is 35.3 Å². The van der Waals surface area contributed by atoms with E-state index in [0.29, 0.717) is 37.3 Å². The molecule has 18 heteroatoms. The molecule has 3 unspecified atom stereocenters. The van der Waals surface area contributed by atoms with Crippen molar-refractivity contribution in [3.63, 3.8) is 0 Å². The molecule has 9 rings (SSSR count). The summed E-state index contributed by atoms with van der Waals surface area (Å²) in [5, 5.41) is 32.6. The van der Waals surface area contributed by atoms with Gasteiger partial charge in [0.2, 0.25) is 34.7 Å². The Morgan fingerprint density at radius 2 is 0.459 bits per heavy atom. The highest BCUT2D eigenvalue weighted by Crippen LogP contribution is 2.72. The van der Waals surface area contributed by atoms with E-state index in [2.05, 4.69) is 0 Å². The van der Waals surface area contributed by atoms with Crippen LogP contribution in [0, 0.1) is 5.92 Å². The Balaban J connectivity index is 1.50. The van der Waals surface area contributed by atoms with Gasteiger partial charge in [-0.15, -0.1) is 0 Å². The summed E-state index contributed by atoms with van der Waals surface area (Å²) < 4.78 is 80.7. The lowest BCUT2D eigenvalue weighted by atomic mass is 9.81. The number of ether oxygens (including phenoxy) is 12. The molecule has 61 heavy (non-hydrogen) atoms. The van der Waals surface area contributed by atoms with Gasteiger partial charge in [-0.25, -0.2) is 0 Å². The van der Waals surface area contributed by atoms with E-state index >= 15 is 0 Å². The first-order valence-electron chi connectivity index (χ1n) is 20.0. The Bertz CT molecular complexity index is 1990. The maximum atomic E-state index is 10.9. The fourth-order valence-corrected chi connectivity index (χ4v) is 10.5. The van der Waals surface area contributed by atoms with Gasteiger partial charge in [0.25, 0.3) is 0 Å². The first-order valence-corrected chi connectivity index (χ1v) is 22.6. The highest BCUT2D eigenvalue weighted by Gasteiger charge is 2.56. The average molecular weight is 904 g/mol. The minimum atomic E-state index is -1.23. The van der Waals surface area contributed by atoms with Crippen molar-refractivity contribution in [1.82, 2.24) is 0 Å². The number of hydrogen-bond donors (Lipinski definition) is 3. The van der Waals surface area contributed by atoms with Crippen LogP contribution in [0.25, 0.3) is 0 Å². The predicted molar refractivity (Wildman–Crippen MR) is 224 cm³/mol. The van der Waals surface area contributed by atoms with E-state index in [0.717, 1.165) is 35.3 Å². The van der Waals surface area contributed by atoms with Crippen LogP contribution in [0.1, 0.15) is 121 Å². The summed E-state index contributed by atoms with van der Waals surface area (Å²) in [6, 6.07) is 0. The molecule has 0 saturated heterocycles. The number of aliphatic hydroxyl groups excluding tert-OH is 3. The Morgan fingerprint density at radius 3 is 0.607 bits per heavy atom. The van der Waals surface area contributed by atoms with Gasteiger partial charge in [-0.2, -0.15) is 0 Å². The van der Waals surface area contributed by atoms with Gasteiger partial charge in [-0.05, 0) is 20.8 Å². The molecule has 15 nitrogen and oxygen atoms in total. The Kier molecular flexibility index (Phi) is 9.30. The molecule has 0 spiro atoms. The molecule has 1 radical (unpaired) electrons. The van der Waals surface area contributed by atoms with Crippen LogP contribution in [0.3, 0.4) is 0 Å². The van der Waals surface area contributed by atoms with Crippen molar-refractivity contribution in [3.05, 3.63) is 22.6 Å². The molecule has 3 N–H and O–H groups in total. The summed E-state index contributed by atoms with van der Waals surface area (Å²) in [5.74, 6) is -3.85. The van der Waals surface area contributed by atoms with Crippen LogP contribution in [0.4, 0.5) is 0 Å². The molecule has 3 aromatic rings. The molecule has 6 heterocycles. The smallest absolute Gasteiger partial charge is 0.246 e. The molecule has 0 fully saturated rings. The molecule has 3 atom stereocenters. The van der Waals surface area contributed by atoms with Gasteiger partial charge in [0, 0.05) is 83.1 Å². The van der Waals surface area contributed by atoms with Gasteiger partial charge < -0.3 is 72.2 Å².